The zero-order valence-corrected chi connectivity index (χ0v) is 21.3. The maximum atomic E-state index is 12.7. The third-order valence-electron chi connectivity index (χ3n) is 6.09. The van der Waals surface area contributed by atoms with Crippen LogP contribution in [0.4, 0.5) is 23.1 Å². The lowest BCUT2D eigenvalue weighted by Crippen LogP contribution is -2.23. The fraction of sp³-hybridized carbons (Fsp3) is 0.292. The van der Waals surface area contributed by atoms with Crippen LogP contribution in [0.1, 0.15) is 11.3 Å². The van der Waals surface area contributed by atoms with Crippen LogP contribution in [0, 0.1) is 13.8 Å². The van der Waals surface area contributed by atoms with Crippen molar-refractivity contribution in [3.05, 3.63) is 59.9 Å². The molecule has 4 rings (SSSR count). The molecule has 2 heterocycles. The first-order valence-corrected chi connectivity index (χ1v) is 12.2. The number of anilines is 4. The van der Waals surface area contributed by atoms with Gasteiger partial charge < -0.3 is 9.80 Å². The Morgan fingerprint density at radius 2 is 1.56 bits per heavy atom. The average Bonchev–Trinajstić information content (AvgIpc) is 3.11. The van der Waals surface area contributed by atoms with Crippen LogP contribution in [-0.4, -0.2) is 60.7 Å². The Morgan fingerprint density at radius 3 is 2.26 bits per heavy atom. The molecule has 0 aliphatic carbocycles. The molecule has 10 heteroatoms. The van der Waals surface area contributed by atoms with E-state index in [-0.39, 0.29) is 4.90 Å². The number of hydrogen-bond donors (Lipinski definition) is 0. The number of fused-ring (bicyclic) bond motifs is 1. The molecule has 0 radical (unpaired) electrons. The molecule has 0 fully saturated rings. The van der Waals surface area contributed by atoms with Crippen molar-refractivity contribution >= 4 is 44.1 Å². The molecular weight excluding hydrogens is 450 g/mol. The van der Waals surface area contributed by atoms with Crippen molar-refractivity contribution in [3.63, 3.8) is 0 Å². The van der Waals surface area contributed by atoms with Gasteiger partial charge >= 0.3 is 0 Å². The van der Waals surface area contributed by atoms with E-state index in [4.69, 9.17) is 4.98 Å². The van der Waals surface area contributed by atoms with Gasteiger partial charge in [0.2, 0.25) is 16.0 Å². The van der Waals surface area contributed by atoms with Gasteiger partial charge in [0.1, 0.15) is 5.82 Å². The zero-order valence-electron chi connectivity index (χ0n) is 20.5. The standard InChI is InChI=1S/C24H29N7O2S/c1-16-8-9-19(15-22(16)34(32,33)28(3)4)30(6)24-25-13-12-23(26-24)29(5)18-10-11-21-20(14-18)17(2)31(7)27-21/h8-15H,1-7H3. The van der Waals surface area contributed by atoms with Gasteiger partial charge in [0.25, 0.3) is 0 Å². The first kappa shape index (κ1) is 23.7. The highest BCUT2D eigenvalue weighted by Crippen LogP contribution is 2.30. The predicted octanol–water partition coefficient (Wildman–Crippen LogP) is 3.77. The van der Waals surface area contributed by atoms with Gasteiger partial charge in [0, 0.05) is 63.9 Å². The number of benzene rings is 2. The summed E-state index contributed by atoms with van der Waals surface area (Å²) in [5, 5.41) is 5.61. The Kier molecular flexibility index (Phi) is 6.05. The van der Waals surface area contributed by atoms with Crippen molar-refractivity contribution in [3.8, 4) is 0 Å². The first-order chi connectivity index (χ1) is 16.0. The third-order valence-corrected chi connectivity index (χ3v) is 8.05. The maximum absolute atomic E-state index is 12.7. The summed E-state index contributed by atoms with van der Waals surface area (Å²) in [7, 11) is 5.19. The van der Waals surface area contributed by atoms with E-state index in [2.05, 4.69) is 16.1 Å². The molecule has 0 saturated heterocycles. The van der Waals surface area contributed by atoms with Crippen molar-refractivity contribution in [2.45, 2.75) is 18.7 Å². The minimum Gasteiger partial charge on any atom is -0.329 e. The summed E-state index contributed by atoms with van der Waals surface area (Å²) in [6, 6.07) is 13.3. The summed E-state index contributed by atoms with van der Waals surface area (Å²) in [5.41, 5.74) is 4.38. The SMILES string of the molecule is Cc1ccc(N(C)c2nccc(N(C)c3ccc4nn(C)c(C)c4c3)n2)cc1S(=O)(=O)N(C)C. The minimum atomic E-state index is -3.57. The lowest BCUT2D eigenvalue weighted by molar-refractivity contribution is 0.520. The van der Waals surface area contributed by atoms with Crippen LogP contribution < -0.4 is 9.80 Å². The van der Waals surface area contributed by atoms with Crippen molar-refractivity contribution in [2.75, 3.05) is 38.0 Å². The first-order valence-electron chi connectivity index (χ1n) is 10.8. The van der Waals surface area contributed by atoms with Gasteiger partial charge in [-0.15, -0.1) is 0 Å². The summed E-state index contributed by atoms with van der Waals surface area (Å²) in [4.78, 5) is 13.2. The maximum Gasteiger partial charge on any atom is 0.242 e. The summed E-state index contributed by atoms with van der Waals surface area (Å²) in [6.45, 7) is 3.83. The van der Waals surface area contributed by atoms with E-state index in [9.17, 15) is 8.42 Å². The summed E-state index contributed by atoms with van der Waals surface area (Å²) in [5.74, 6) is 1.17. The molecule has 0 atom stereocenters. The quantitative estimate of drug-likeness (QED) is 0.416. The fourth-order valence-electron chi connectivity index (χ4n) is 3.73. The van der Waals surface area contributed by atoms with E-state index in [1.54, 1.807) is 30.2 Å². The lowest BCUT2D eigenvalue weighted by Gasteiger charge is -2.23. The minimum absolute atomic E-state index is 0.260. The van der Waals surface area contributed by atoms with Crippen LogP contribution in [0.2, 0.25) is 0 Å². The summed E-state index contributed by atoms with van der Waals surface area (Å²) < 4.78 is 28.6. The fourth-order valence-corrected chi connectivity index (χ4v) is 4.87. The molecule has 34 heavy (non-hydrogen) atoms. The zero-order chi connectivity index (χ0) is 24.8. The number of rotatable bonds is 6. The molecular formula is C24H29N7O2S. The van der Waals surface area contributed by atoms with E-state index in [1.165, 1.54) is 18.4 Å². The van der Waals surface area contributed by atoms with Gasteiger partial charge in [-0.25, -0.2) is 17.7 Å². The van der Waals surface area contributed by atoms with Crippen molar-refractivity contribution in [1.82, 2.24) is 24.1 Å². The molecule has 178 valence electrons. The predicted molar refractivity (Wildman–Crippen MR) is 136 cm³/mol. The smallest absolute Gasteiger partial charge is 0.242 e. The van der Waals surface area contributed by atoms with E-state index in [0.717, 1.165) is 22.3 Å². The molecule has 2 aromatic carbocycles. The number of nitrogens with zero attached hydrogens (tertiary/aromatic N) is 7. The van der Waals surface area contributed by atoms with Crippen LogP contribution in [-0.2, 0) is 17.1 Å². The molecule has 0 aliphatic heterocycles. The molecule has 0 bridgehead atoms. The largest absolute Gasteiger partial charge is 0.329 e. The highest BCUT2D eigenvalue weighted by Gasteiger charge is 2.21. The summed E-state index contributed by atoms with van der Waals surface area (Å²) in [6.07, 6.45) is 1.70. The molecule has 0 amide bonds. The van der Waals surface area contributed by atoms with Crippen LogP contribution in [0.5, 0.6) is 0 Å². The Hall–Kier alpha value is -3.50. The van der Waals surface area contributed by atoms with E-state index in [0.29, 0.717) is 23.0 Å². The number of aromatic nitrogens is 4. The van der Waals surface area contributed by atoms with Gasteiger partial charge in [0.15, 0.2) is 0 Å². The molecule has 2 aromatic heterocycles. The van der Waals surface area contributed by atoms with Gasteiger partial charge in [0.05, 0.1) is 10.4 Å². The molecule has 0 saturated carbocycles. The van der Waals surface area contributed by atoms with Crippen LogP contribution in [0.15, 0.2) is 53.6 Å². The normalized spacial score (nSPS) is 11.9. The molecule has 0 spiro atoms. The summed E-state index contributed by atoms with van der Waals surface area (Å²) >= 11 is 0. The van der Waals surface area contributed by atoms with E-state index < -0.39 is 10.0 Å². The van der Waals surface area contributed by atoms with Gasteiger partial charge in [-0.2, -0.15) is 10.1 Å². The van der Waals surface area contributed by atoms with Crippen molar-refractivity contribution in [1.29, 1.82) is 0 Å². The second-order valence-electron chi connectivity index (χ2n) is 8.48. The van der Waals surface area contributed by atoms with Crippen molar-refractivity contribution < 1.29 is 8.42 Å². The van der Waals surface area contributed by atoms with Gasteiger partial charge in [-0.3, -0.25) is 4.68 Å². The van der Waals surface area contributed by atoms with Crippen LogP contribution in [0.3, 0.4) is 0 Å². The van der Waals surface area contributed by atoms with Crippen molar-refractivity contribution in [2.24, 2.45) is 7.05 Å². The van der Waals surface area contributed by atoms with E-state index >= 15 is 0 Å². The third kappa shape index (κ3) is 4.10. The van der Waals surface area contributed by atoms with Crippen LogP contribution in [0.25, 0.3) is 10.9 Å². The average molecular weight is 480 g/mol. The van der Waals surface area contributed by atoms with Gasteiger partial charge in [-0.05, 0) is 55.8 Å². The Labute approximate surface area is 200 Å². The number of aryl methyl sites for hydroxylation is 3. The van der Waals surface area contributed by atoms with E-state index in [1.807, 2.05) is 61.9 Å². The molecule has 4 aromatic rings. The Morgan fingerprint density at radius 1 is 0.882 bits per heavy atom. The number of hydrogen-bond acceptors (Lipinski definition) is 7. The molecule has 0 unspecified atom stereocenters. The molecule has 0 aliphatic rings. The van der Waals surface area contributed by atoms with Gasteiger partial charge in [-0.1, -0.05) is 6.07 Å². The second-order valence-corrected chi connectivity index (χ2v) is 10.6. The monoisotopic (exact) mass is 479 g/mol. The Balaban J connectivity index is 1.68. The second kappa shape index (κ2) is 8.69. The number of sulfonamides is 1. The van der Waals surface area contributed by atoms with Crippen LogP contribution >= 0.6 is 0 Å². The molecule has 0 N–H and O–H groups in total. The molecule has 9 nitrogen and oxygen atoms in total. The highest BCUT2D eigenvalue weighted by molar-refractivity contribution is 7.89. The highest BCUT2D eigenvalue weighted by atomic mass is 32.2. The topological polar surface area (TPSA) is 87.5 Å². The lowest BCUT2D eigenvalue weighted by atomic mass is 10.2. The Bertz CT molecular complexity index is 1480.